The van der Waals surface area contributed by atoms with Crippen LogP contribution in [0.25, 0.3) is 0 Å². The number of hydrogen-bond donors (Lipinski definition) is 0. The first-order chi connectivity index (χ1) is 15.7. The van der Waals surface area contributed by atoms with Gasteiger partial charge in [-0.1, -0.05) is 51.0 Å². The van der Waals surface area contributed by atoms with Crippen LogP contribution in [-0.4, -0.2) is 54.4 Å². The molecule has 3 aliphatic heterocycles. The molecule has 3 aliphatic rings. The van der Waals surface area contributed by atoms with Gasteiger partial charge in [-0.2, -0.15) is 0 Å². The van der Waals surface area contributed by atoms with E-state index >= 15 is 0 Å². The molecule has 2 bridgehead atoms. The van der Waals surface area contributed by atoms with Crippen LogP contribution in [0.3, 0.4) is 0 Å². The molecule has 3 atom stereocenters. The van der Waals surface area contributed by atoms with Gasteiger partial charge >= 0.3 is 0 Å². The van der Waals surface area contributed by atoms with Crippen molar-refractivity contribution < 1.29 is 14.3 Å². The highest BCUT2D eigenvalue weighted by molar-refractivity contribution is 5.76. The predicted molar refractivity (Wildman–Crippen MR) is 125 cm³/mol. The fraction of sp³-hybridized carbons (Fsp3) is 0.769. The number of aromatic nitrogens is 1. The van der Waals surface area contributed by atoms with Gasteiger partial charge in [-0.25, -0.2) is 0 Å². The van der Waals surface area contributed by atoms with E-state index < -0.39 is 0 Å². The van der Waals surface area contributed by atoms with E-state index in [9.17, 15) is 9.59 Å². The number of nitrogens with zero attached hydrogens (tertiary/aromatic N) is 2. The van der Waals surface area contributed by atoms with E-state index in [0.29, 0.717) is 30.3 Å². The van der Waals surface area contributed by atoms with Crippen LogP contribution >= 0.6 is 0 Å². The van der Waals surface area contributed by atoms with Crippen molar-refractivity contribution in [1.82, 2.24) is 9.47 Å². The van der Waals surface area contributed by atoms with Gasteiger partial charge in [0.1, 0.15) is 0 Å². The summed E-state index contributed by atoms with van der Waals surface area (Å²) in [6, 6.07) is 5.57. The molecule has 178 valence electrons. The molecule has 0 spiro atoms. The molecule has 1 unspecified atom stereocenters. The Morgan fingerprint density at radius 3 is 2.50 bits per heavy atom. The molecule has 1 amide bonds. The SMILES string of the molecule is O=C(CCCCCCCCCCC1COCCO1)N1C[C@H]2C[C@@H](C1)c1cccc(=O)n1C2. The number of pyridine rings is 1. The molecule has 4 heterocycles. The second-order valence-corrected chi connectivity index (χ2v) is 9.93. The number of fused-ring (bicyclic) bond motifs is 4. The summed E-state index contributed by atoms with van der Waals surface area (Å²) in [6.45, 7) is 4.62. The Hall–Kier alpha value is -1.66. The topological polar surface area (TPSA) is 60.8 Å². The molecule has 2 fully saturated rings. The molecular formula is C26H40N2O4. The zero-order valence-electron chi connectivity index (χ0n) is 19.5. The molecule has 0 aliphatic carbocycles. The molecule has 6 nitrogen and oxygen atoms in total. The molecule has 32 heavy (non-hydrogen) atoms. The van der Waals surface area contributed by atoms with E-state index in [0.717, 1.165) is 70.8 Å². The van der Waals surface area contributed by atoms with Crippen LogP contribution in [-0.2, 0) is 20.8 Å². The van der Waals surface area contributed by atoms with Gasteiger partial charge in [0.05, 0.1) is 25.9 Å². The van der Waals surface area contributed by atoms with Gasteiger partial charge in [-0.15, -0.1) is 0 Å². The summed E-state index contributed by atoms with van der Waals surface area (Å²) >= 11 is 0. The van der Waals surface area contributed by atoms with Gasteiger partial charge in [0.2, 0.25) is 5.91 Å². The summed E-state index contributed by atoms with van der Waals surface area (Å²) in [4.78, 5) is 27.0. The van der Waals surface area contributed by atoms with Gasteiger partial charge in [-0.05, 0) is 31.2 Å². The number of carbonyl (C=O) groups excluding carboxylic acids is 1. The van der Waals surface area contributed by atoms with Gasteiger partial charge < -0.3 is 18.9 Å². The van der Waals surface area contributed by atoms with Crippen molar-refractivity contribution in [2.45, 2.75) is 89.2 Å². The number of piperidine rings is 1. The fourth-order valence-electron chi connectivity index (χ4n) is 5.67. The standard InChI is InChI=1S/C26H40N2O4/c29-25(12-8-6-4-2-1-3-5-7-10-23-20-31-14-15-32-23)27-17-21-16-22(19-27)24-11-9-13-26(30)28(24)18-21/h9,11,13,21-23H,1-8,10,12,14-20H2/t21-,22+,23?/m1/s1. The van der Waals surface area contributed by atoms with Crippen LogP contribution in [0.15, 0.2) is 23.0 Å². The summed E-state index contributed by atoms with van der Waals surface area (Å²) < 4.78 is 13.1. The van der Waals surface area contributed by atoms with E-state index in [1.807, 2.05) is 10.6 Å². The van der Waals surface area contributed by atoms with Crippen molar-refractivity contribution in [3.8, 4) is 0 Å². The van der Waals surface area contributed by atoms with Crippen molar-refractivity contribution in [3.05, 3.63) is 34.2 Å². The summed E-state index contributed by atoms with van der Waals surface area (Å²) in [7, 11) is 0. The number of ether oxygens (including phenoxy) is 2. The van der Waals surface area contributed by atoms with Crippen LogP contribution in [0.5, 0.6) is 0 Å². The highest BCUT2D eigenvalue weighted by Crippen LogP contribution is 2.35. The maximum absolute atomic E-state index is 12.8. The summed E-state index contributed by atoms with van der Waals surface area (Å²) in [5, 5.41) is 0. The molecule has 0 N–H and O–H groups in total. The minimum absolute atomic E-state index is 0.102. The van der Waals surface area contributed by atoms with E-state index in [-0.39, 0.29) is 5.56 Å². The molecule has 1 aromatic rings. The van der Waals surface area contributed by atoms with Crippen molar-refractivity contribution >= 4 is 5.91 Å². The van der Waals surface area contributed by atoms with Crippen LogP contribution in [0.1, 0.15) is 82.2 Å². The smallest absolute Gasteiger partial charge is 0.250 e. The van der Waals surface area contributed by atoms with Crippen molar-refractivity contribution in [2.24, 2.45) is 5.92 Å². The normalized spacial score (nSPS) is 24.9. The zero-order valence-corrected chi connectivity index (χ0v) is 19.5. The summed E-state index contributed by atoms with van der Waals surface area (Å²) in [5.41, 5.74) is 1.22. The average Bonchev–Trinajstić information content (AvgIpc) is 2.81. The minimum Gasteiger partial charge on any atom is -0.376 e. The van der Waals surface area contributed by atoms with Gasteiger partial charge in [-0.3, -0.25) is 9.59 Å². The third-order valence-corrected chi connectivity index (χ3v) is 7.38. The average molecular weight is 445 g/mol. The molecule has 4 rings (SSSR count). The lowest BCUT2D eigenvalue weighted by Gasteiger charge is -2.42. The fourth-order valence-corrected chi connectivity index (χ4v) is 5.67. The lowest BCUT2D eigenvalue weighted by atomic mass is 9.83. The minimum atomic E-state index is 0.102. The Morgan fingerprint density at radius 2 is 1.72 bits per heavy atom. The van der Waals surface area contributed by atoms with E-state index in [4.69, 9.17) is 9.47 Å². The zero-order chi connectivity index (χ0) is 22.2. The highest BCUT2D eigenvalue weighted by Gasteiger charge is 2.35. The van der Waals surface area contributed by atoms with Crippen LogP contribution in [0.2, 0.25) is 0 Å². The Labute approximate surface area is 192 Å². The second kappa shape index (κ2) is 12.0. The third kappa shape index (κ3) is 6.44. The number of rotatable bonds is 11. The number of carbonyl (C=O) groups is 1. The molecule has 0 aromatic carbocycles. The Bertz CT molecular complexity index is 786. The van der Waals surface area contributed by atoms with E-state index in [1.54, 1.807) is 6.07 Å². The number of likely N-dealkylation sites (tertiary alicyclic amines) is 1. The first kappa shape index (κ1) is 23.5. The number of unbranched alkanes of at least 4 members (excludes halogenated alkanes) is 7. The van der Waals surface area contributed by atoms with Gasteiger partial charge in [0.15, 0.2) is 0 Å². The summed E-state index contributed by atoms with van der Waals surface area (Å²) in [6.07, 6.45) is 13.0. The first-order valence-corrected chi connectivity index (χ1v) is 12.9. The quantitative estimate of drug-likeness (QED) is 0.482. The lowest BCUT2D eigenvalue weighted by Crippen LogP contribution is -2.49. The Morgan fingerprint density at radius 1 is 0.938 bits per heavy atom. The molecule has 0 saturated carbocycles. The van der Waals surface area contributed by atoms with Crippen LogP contribution < -0.4 is 5.56 Å². The Kier molecular flexibility index (Phi) is 8.80. The predicted octanol–water partition coefficient (Wildman–Crippen LogP) is 4.11. The van der Waals surface area contributed by atoms with E-state index in [1.165, 1.54) is 38.5 Å². The highest BCUT2D eigenvalue weighted by atomic mass is 16.6. The molecule has 1 aromatic heterocycles. The maximum atomic E-state index is 12.8. The molecular weight excluding hydrogens is 404 g/mol. The number of hydrogen-bond acceptors (Lipinski definition) is 4. The maximum Gasteiger partial charge on any atom is 0.250 e. The monoisotopic (exact) mass is 444 g/mol. The Balaban J connectivity index is 1.05. The molecule has 6 heteroatoms. The van der Waals surface area contributed by atoms with Gasteiger partial charge in [0.25, 0.3) is 5.56 Å². The summed E-state index contributed by atoms with van der Waals surface area (Å²) in [5.74, 6) is 1.04. The van der Waals surface area contributed by atoms with Crippen molar-refractivity contribution in [3.63, 3.8) is 0 Å². The third-order valence-electron chi connectivity index (χ3n) is 7.38. The van der Waals surface area contributed by atoms with Crippen LogP contribution in [0, 0.1) is 5.92 Å². The first-order valence-electron chi connectivity index (χ1n) is 12.9. The van der Waals surface area contributed by atoms with Gasteiger partial charge in [0, 0.05) is 43.7 Å². The largest absolute Gasteiger partial charge is 0.376 e. The van der Waals surface area contributed by atoms with Crippen molar-refractivity contribution in [2.75, 3.05) is 32.9 Å². The molecule has 2 saturated heterocycles. The van der Waals surface area contributed by atoms with E-state index in [2.05, 4.69) is 11.0 Å². The molecule has 0 radical (unpaired) electrons. The van der Waals surface area contributed by atoms with Crippen LogP contribution in [0.4, 0.5) is 0 Å². The number of amides is 1. The second-order valence-electron chi connectivity index (χ2n) is 9.93. The lowest BCUT2D eigenvalue weighted by molar-refractivity contribution is -0.134. The van der Waals surface area contributed by atoms with Crippen molar-refractivity contribution in [1.29, 1.82) is 0 Å².